The average Bonchev–Trinajstić information content (AvgIpc) is 2.70. The van der Waals surface area contributed by atoms with Crippen molar-refractivity contribution in [1.82, 2.24) is 10.2 Å². The van der Waals surface area contributed by atoms with Crippen molar-refractivity contribution in [1.29, 1.82) is 0 Å². The van der Waals surface area contributed by atoms with E-state index in [1.807, 2.05) is 25.7 Å². The van der Waals surface area contributed by atoms with Crippen LogP contribution in [0.2, 0.25) is 0 Å². The SMILES string of the molecule is CC(=O)NCCC1[C@H]2CN(C(=O)OC(C)(C)C)C[C@@H]12. The smallest absolute Gasteiger partial charge is 0.410 e. The number of carbonyl (C=O) groups is 2. The Hall–Kier alpha value is -1.26. The second-order valence-electron chi connectivity index (χ2n) is 6.65. The maximum atomic E-state index is 11.9. The number of fused-ring (bicyclic) bond motifs is 1. The van der Waals surface area contributed by atoms with Crippen molar-refractivity contribution in [3.05, 3.63) is 0 Å². The zero-order chi connectivity index (χ0) is 14.2. The van der Waals surface area contributed by atoms with Crippen LogP contribution in [0.5, 0.6) is 0 Å². The summed E-state index contributed by atoms with van der Waals surface area (Å²) in [5.41, 5.74) is -0.422. The first-order chi connectivity index (χ1) is 8.78. The lowest BCUT2D eigenvalue weighted by Gasteiger charge is -2.25. The molecule has 1 N–H and O–H groups in total. The number of amides is 2. The molecule has 0 radical (unpaired) electrons. The molecule has 1 aliphatic carbocycles. The van der Waals surface area contributed by atoms with E-state index in [1.165, 1.54) is 6.92 Å². The first kappa shape index (κ1) is 14.2. The second-order valence-corrected chi connectivity index (χ2v) is 6.65. The summed E-state index contributed by atoms with van der Waals surface area (Å²) in [4.78, 5) is 24.5. The van der Waals surface area contributed by atoms with Gasteiger partial charge in [0.15, 0.2) is 0 Å². The van der Waals surface area contributed by atoms with Gasteiger partial charge < -0.3 is 15.0 Å². The Balaban J connectivity index is 1.69. The van der Waals surface area contributed by atoms with Crippen LogP contribution in [0.15, 0.2) is 0 Å². The molecular formula is C14H24N2O3. The van der Waals surface area contributed by atoms with E-state index in [0.29, 0.717) is 17.8 Å². The summed E-state index contributed by atoms with van der Waals surface area (Å²) in [5, 5.41) is 2.83. The van der Waals surface area contributed by atoms with Crippen molar-refractivity contribution in [3.63, 3.8) is 0 Å². The Bertz CT molecular complexity index is 363. The largest absolute Gasteiger partial charge is 0.444 e. The number of likely N-dealkylation sites (tertiary alicyclic amines) is 1. The molecule has 0 aromatic carbocycles. The van der Waals surface area contributed by atoms with Crippen LogP contribution in [0.3, 0.4) is 0 Å². The summed E-state index contributed by atoms with van der Waals surface area (Å²) in [5.74, 6) is 1.93. The van der Waals surface area contributed by atoms with Gasteiger partial charge in [-0.25, -0.2) is 4.79 Å². The molecule has 2 rings (SSSR count). The first-order valence-electron chi connectivity index (χ1n) is 7.00. The summed E-state index contributed by atoms with van der Waals surface area (Å²) >= 11 is 0. The minimum Gasteiger partial charge on any atom is -0.444 e. The summed E-state index contributed by atoms with van der Waals surface area (Å²) in [6.45, 7) is 9.57. The van der Waals surface area contributed by atoms with E-state index in [1.54, 1.807) is 0 Å². The maximum Gasteiger partial charge on any atom is 0.410 e. The molecule has 0 aromatic rings. The van der Waals surface area contributed by atoms with Gasteiger partial charge in [0.2, 0.25) is 5.91 Å². The van der Waals surface area contributed by atoms with Crippen molar-refractivity contribution < 1.29 is 14.3 Å². The van der Waals surface area contributed by atoms with E-state index in [-0.39, 0.29) is 12.0 Å². The van der Waals surface area contributed by atoms with Gasteiger partial charge in [-0.05, 0) is 44.9 Å². The van der Waals surface area contributed by atoms with Crippen LogP contribution in [0.25, 0.3) is 0 Å². The van der Waals surface area contributed by atoms with Crippen molar-refractivity contribution in [3.8, 4) is 0 Å². The van der Waals surface area contributed by atoms with Gasteiger partial charge >= 0.3 is 6.09 Å². The lowest BCUT2D eigenvalue weighted by atomic mass is 10.2. The van der Waals surface area contributed by atoms with Gasteiger partial charge in [0.1, 0.15) is 5.60 Å². The molecule has 0 bridgehead atoms. The third kappa shape index (κ3) is 3.61. The van der Waals surface area contributed by atoms with E-state index in [9.17, 15) is 9.59 Å². The molecule has 0 aromatic heterocycles. The topological polar surface area (TPSA) is 58.6 Å². The number of piperidine rings is 1. The van der Waals surface area contributed by atoms with Crippen LogP contribution < -0.4 is 5.32 Å². The molecule has 5 nitrogen and oxygen atoms in total. The fourth-order valence-corrected chi connectivity index (χ4v) is 2.97. The molecule has 1 heterocycles. The second kappa shape index (κ2) is 5.02. The Morgan fingerprint density at radius 3 is 2.32 bits per heavy atom. The molecule has 3 atom stereocenters. The highest BCUT2D eigenvalue weighted by Crippen LogP contribution is 2.53. The standard InChI is InChI=1S/C14H24N2O3/c1-9(17)15-6-5-10-11-7-16(8-12(10)11)13(18)19-14(2,3)4/h10-12H,5-8H2,1-4H3,(H,15,17)/t10?,11-,12+. The van der Waals surface area contributed by atoms with Crippen LogP contribution in [0, 0.1) is 17.8 Å². The number of ether oxygens (including phenoxy) is 1. The molecule has 1 saturated carbocycles. The Kier molecular flexibility index (Phi) is 3.74. The van der Waals surface area contributed by atoms with Gasteiger partial charge in [-0.2, -0.15) is 0 Å². The minimum atomic E-state index is -0.422. The van der Waals surface area contributed by atoms with Gasteiger partial charge in [-0.15, -0.1) is 0 Å². The fraction of sp³-hybridized carbons (Fsp3) is 0.857. The molecular weight excluding hydrogens is 244 g/mol. The first-order valence-corrected chi connectivity index (χ1v) is 7.00. The molecule has 108 valence electrons. The number of hydrogen-bond donors (Lipinski definition) is 1. The highest BCUT2D eigenvalue weighted by Gasteiger charge is 2.56. The van der Waals surface area contributed by atoms with Crippen molar-refractivity contribution in [2.75, 3.05) is 19.6 Å². The number of rotatable bonds is 3. The van der Waals surface area contributed by atoms with Gasteiger partial charge in [-0.3, -0.25) is 4.79 Å². The van der Waals surface area contributed by atoms with Crippen molar-refractivity contribution in [2.45, 2.75) is 39.7 Å². The van der Waals surface area contributed by atoms with Crippen molar-refractivity contribution >= 4 is 12.0 Å². The van der Waals surface area contributed by atoms with E-state index in [0.717, 1.165) is 26.1 Å². The molecule has 1 saturated heterocycles. The van der Waals surface area contributed by atoms with Gasteiger partial charge in [0.05, 0.1) is 0 Å². The third-order valence-corrected chi connectivity index (χ3v) is 3.87. The minimum absolute atomic E-state index is 0.0289. The zero-order valence-corrected chi connectivity index (χ0v) is 12.2. The van der Waals surface area contributed by atoms with Crippen LogP contribution in [0.1, 0.15) is 34.1 Å². The van der Waals surface area contributed by atoms with Crippen LogP contribution in [0.4, 0.5) is 4.79 Å². The quantitative estimate of drug-likeness (QED) is 0.846. The summed E-state index contributed by atoms with van der Waals surface area (Å²) in [6.07, 6.45) is 0.831. The van der Waals surface area contributed by atoms with Gasteiger partial charge in [-0.1, -0.05) is 0 Å². The van der Waals surface area contributed by atoms with Crippen LogP contribution >= 0.6 is 0 Å². The highest BCUT2D eigenvalue weighted by molar-refractivity contribution is 5.72. The third-order valence-electron chi connectivity index (χ3n) is 3.87. The average molecular weight is 268 g/mol. The van der Waals surface area contributed by atoms with E-state index < -0.39 is 5.60 Å². The van der Waals surface area contributed by atoms with Crippen molar-refractivity contribution in [2.24, 2.45) is 17.8 Å². The lowest BCUT2D eigenvalue weighted by molar-refractivity contribution is -0.118. The Morgan fingerprint density at radius 2 is 1.84 bits per heavy atom. The zero-order valence-electron chi connectivity index (χ0n) is 12.2. The van der Waals surface area contributed by atoms with E-state index in [2.05, 4.69) is 5.32 Å². The summed E-state index contributed by atoms with van der Waals surface area (Å²) in [6, 6.07) is 0. The highest BCUT2D eigenvalue weighted by atomic mass is 16.6. The van der Waals surface area contributed by atoms with E-state index in [4.69, 9.17) is 4.74 Å². The number of carbonyl (C=O) groups excluding carboxylic acids is 2. The van der Waals surface area contributed by atoms with Gasteiger partial charge in [0.25, 0.3) is 0 Å². The molecule has 1 aliphatic heterocycles. The van der Waals surface area contributed by atoms with Crippen LogP contribution in [-0.2, 0) is 9.53 Å². The molecule has 2 amide bonds. The molecule has 2 fully saturated rings. The molecule has 2 aliphatic rings. The van der Waals surface area contributed by atoms with Crippen LogP contribution in [-0.4, -0.2) is 42.1 Å². The number of hydrogen-bond acceptors (Lipinski definition) is 3. The number of nitrogens with zero attached hydrogens (tertiary/aromatic N) is 1. The predicted octanol–water partition coefficient (Wildman–Crippen LogP) is 1.63. The Morgan fingerprint density at radius 1 is 1.26 bits per heavy atom. The Labute approximate surface area is 114 Å². The van der Waals surface area contributed by atoms with E-state index >= 15 is 0 Å². The normalized spacial score (nSPS) is 28.8. The number of nitrogens with one attached hydrogen (secondary N) is 1. The molecule has 5 heteroatoms. The predicted molar refractivity (Wildman–Crippen MR) is 71.6 cm³/mol. The lowest BCUT2D eigenvalue weighted by Crippen LogP contribution is -2.37. The summed E-state index contributed by atoms with van der Waals surface area (Å²) < 4.78 is 5.37. The monoisotopic (exact) mass is 268 g/mol. The molecule has 19 heavy (non-hydrogen) atoms. The fourth-order valence-electron chi connectivity index (χ4n) is 2.97. The van der Waals surface area contributed by atoms with Gasteiger partial charge in [0, 0.05) is 26.6 Å². The molecule has 0 spiro atoms. The maximum absolute atomic E-state index is 11.9. The summed E-state index contributed by atoms with van der Waals surface area (Å²) in [7, 11) is 0. The molecule has 1 unspecified atom stereocenters.